The Bertz CT molecular complexity index is 1160. The quantitative estimate of drug-likeness (QED) is 0.298. The number of nitrogens with one attached hydrogen (secondary N) is 1. The van der Waals surface area contributed by atoms with Crippen LogP contribution in [0.2, 0.25) is 0 Å². The first-order valence-corrected chi connectivity index (χ1v) is 8.69. The molecule has 0 bridgehead atoms. The second-order valence-electron chi connectivity index (χ2n) is 6.12. The molecule has 0 aliphatic heterocycles. The highest BCUT2D eigenvalue weighted by atomic mass is 16.5. The largest absolute Gasteiger partial charge is 0.507 e. The van der Waals surface area contributed by atoms with E-state index in [9.17, 15) is 15.2 Å². The number of H-pyrrole nitrogens is 1. The van der Waals surface area contributed by atoms with Gasteiger partial charge >= 0.3 is 5.97 Å². The predicted molar refractivity (Wildman–Crippen MR) is 107 cm³/mol. The number of esters is 1. The van der Waals surface area contributed by atoms with Gasteiger partial charge in [0.05, 0.1) is 22.7 Å². The number of allylic oxidation sites excluding steroid dienone is 1. The van der Waals surface area contributed by atoms with Gasteiger partial charge in [-0.05, 0) is 42.8 Å². The molecule has 0 aliphatic carbocycles. The van der Waals surface area contributed by atoms with E-state index in [-0.39, 0.29) is 11.4 Å². The first-order valence-electron chi connectivity index (χ1n) is 8.69. The lowest BCUT2D eigenvalue weighted by Gasteiger charge is -2.12. The minimum atomic E-state index is -1.05. The Morgan fingerprint density at radius 1 is 1.21 bits per heavy atom. The number of ether oxygens (including phenoxy) is 1. The number of hydrogen-bond acceptors (Lipinski definition) is 6. The molecule has 0 radical (unpaired) electrons. The summed E-state index contributed by atoms with van der Waals surface area (Å²) in [6, 6.07) is 17.8. The molecule has 0 unspecified atom stereocenters. The molecule has 0 spiro atoms. The van der Waals surface area contributed by atoms with Crippen LogP contribution in [-0.4, -0.2) is 27.1 Å². The third kappa shape index (κ3) is 4.49. The number of imidazole rings is 1. The average Bonchev–Trinajstić information content (AvgIpc) is 3.16. The van der Waals surface area contributed by atoms with Crippen molar-refractivity contribution in [1.82, 2.24) is 9.97 Å². The summed E-state index contributed by atoms with van der Waals surface area (Å²) in [7, 11) is 0. The number of aliphatic hydroxyl groups is 1. The standard InChI is InChI=1S/C22H16N4O3/c1-14(29-20(27)11-10-15-6-8-16(12-23)9-7-15)21(28)17(13-24)22-25-18-4-2-3-5-19(18)26-22/h2-11,14,28H,1H3,(H,25,26)/b11-10+,21-17-/t14-/m0/s1. The van der Waals surface area contributed by atoms with Crippen LogP contribution in [0.15, 0.2) is 60.4 Å². The third-order valence-electron chi connectivity index (χ3n) is 4.12. The topological polar surface area (TPSA) is 123 Å². The number of nitrogens with zero attached hydrogens (tertiary/aromatic N) is 3. The summed E-state index contributed by atoms with van der Waals surface area (Å²) in [5.41, 5.74) is 2.50. The molecular formula is C22H16N4O3. The molecule has 2 aromatic carbocycles. The number of carbonyl (C=O) groups excluding carboxylic acids is 1. The number of aromatic nitrogens is 2. The highest BCUT2D eigenvalue weighted by Gasteiger charge is 2.20. The first kappa shape index (κ1) is 19.4. The van der Waals surface area contributed by atoms with Gasteiger partial charge in [-0.25, -0.2) is 9.78 Å². The molecule has 0 saturated carbocycles. The number of para-hydroxylation sites is 2. The summed E-state index contributed by atoms with van der Waals surface area (Å²) < 4.78 is 5.18. The molecule has 0 saturated heterocycles. The van der Waals surface area contributed by atoms with Crippen molar-refractivity contribution in [1.29, 1.82) is 10.5 Å². The van der Waals surface area contributed by atoms with Gasteiger partial charge in [-0.3, -0.25) is 0 Å². The molecular weight excluding hydrogens is 368 g/mol. The fourth-order valence-corrected chi connectivity index (χ4v) is 2.61. The zero-order valence-corrected chi connectivity index (χ0v) is 15.5. The zero-order valence-electron chi connectivity index (χ0n) is 15.5. The van der Waals surface area contributed by atoms with Crippen molar-refractivity contribution in [2.24, 2.45) is 0 Å². The molecule has 29 heavy (non-hydrogen) atoms. The van der Waals surface area contributed by atoms with Crippen molar-refractivity contribution in [2.75, 3.05) is 0 Å². The Balaban J connectivity index is 1.74. The summed E-state index contributed by atoms with van der Waals surface area (Å²) in [6.07, 6.45) is 1.69. The molecule has 7 nitrogen and oxygen atoms in total. The van der Waals surface area contributed by atoms with E-state index in [4.69, 9.17) is 10.00 Å². The van der Waals surface area contributed by atoms with E-state index in [2.05, 4.69) is 9.97 Å². The van der Waals surface area contributed by atoms with Crippen molar-refractivity contribution in [2.45, 2.75) is 13.0 Å². The minimum Gasteiger partial charge on any atom is -0.507 e. The second kappa shape index (κ2) is 8.55. The van der Waals surface area contributed by atoms with Crippen LogP contribution >= 0.6 is 0 Å². The molecule has 0 aliphatic rings. The van der Waals surface area contributed by atoms with E-state index >= 15 is 0 Å². The zero-order chi connectivity index (χ0) is 20.8. The SMILES string of the molecule is C[C@H](OC(=O)/C=C/c1ccc(C#N)cc1)/C(O)=C(\C#N)c1nc2ccccc2[nH]1. The molecule has 0 fully saturated rings. The number of fused-ring (bicyclic) bond motifs is 1. The summed E-state index contributed by atoms with van der Waals surface area (Å²) in [5, 5.41) is 28.6. The Labute approximate surface area is 166 Å². The highest BCUT2D eigenvalue weighted by Crippen LogP contribution is 2.21. The maximum Gasteiger partial charge on any atom is 0.331 e. The van der Waals surface area contributed by atoms with Gasteiger partial charge in [-0.1, -0.05) is 24.3 Å². The van der Waals surface area contributed by atoms with Gasteiger partial charge in [0.15, 0.2) is 17.7 Å². The fraction of sp³-hybridized carbons (Fsp3) is 0.0909. The molecule has 1 aromatic heterocycles. The number of hydrogen-bond donors (Lipinski definition) is 2. The molecule has 0 amide bonds. The fourth-order valence-electron chi connectivity index (χ4n) is 2.61. The van der Waals surface area contributed by atoms with Gasteiger partial charge in [0.2, 0.25) is 0 Å². The van der Waals surface area contributed by atoms with Gasteiger partial charge in [0.1, 0.15) is 11.6 Å². The van der Waals surface area contributed by atoms with Crippen LogP contribution in [0.3, 0.4) is 0 Å². The van der Waals surface area contributed by atoms with Crippen molar-refractivity contribution in [3.63, 3.8) is 0 Å². The summed E-state index contributed by atoms with van der Waals surface area (Å²) in [6.45, 7) is 1.46. The average molecular weight is 384 g/mol. The van der Waals surface area contributed by atoms with Crippen LogP contribution < -0.4 is 0 Å². The minimum absolute atomic E-state index is 0.0995. The van der Waals surface area contributed by atoms with Gasteiger partial charge in [-0.2, -0.15) is 10.5 Å². The third-order valence-corrected chi connectivity index (χ3v) is 4.12. The normalized spacial score (nSPS) is 12.8. The van der Waals surface area contributed by atoms with Crippen molar-refractivity contribution >= 4 is 28.7 Å². The molecule has 142 valence electrons. The number of benzene rings is 2. The Kier molecular flexibility index (Phi) is 5.72. The van der Waals surface area contributed by atoms with E-state index in [0.29, 0.717) is 16.6 Å². The lowest BCUT2D eigenvalue weighted by molar-refractivity contribution is -0.141. The Morgan fingerprint density at radius 2 is 1.93 bits per heavy atom. The number of carbonyl (C=O) groups is 1. The van der Waals surface area contributed by atoms with Crippen LogP contribution in [0.5, 0.6) is 0 Å². The number of rotatable bonds is 5. The second-order valence-corrected chi connectivity index (χ2v) is 6.12. The molecule has 2 N–H and O–H groups in total. The van der Waals surface area contributed by atoms with E-state index in [1.165, 1.54) is 19.1 Å². The molecule has 3 aromatic rings. The lowest BCUT2D eigenvalue weighted by atomic mass is 10.1. The van der Waals surface area contributed by atoms with Crippen molar-refractivity contribution in [3.8, 4) is 12.1 Å². The summed E-state index contributed by atoms with van der Waals surface area (Å²) >= 11 is 0. The predicted octanol–water partition coefficient (Wildman–Crippen LogP) is 3.87. The smallest absolute Gasteiger partial charge is 0.331 e. The van der Waals surface area contributed by atoms with E-state index in [1.807, 2.05) is 24.3 Å². The van der Waals surface area contributed by atoms with Crippen molar-refractivity contribution in [3.05, 3.63) is 77.3 Å². The highest BCUT2D eigenvalue weighted by molar-refractivity contribution is 5.88. The molecule has 7 heteroatoms. The van der Waals surface area contributed by atoms with E-state index in [1.54, 1.807) is 36.4 Å². The Morgan fingerprint density at radius 3 is 2.59 bits per heavy atom. The first-order chi connectivity index (χ1) is 14.0. The number of nitriles is 2. The van der Waals surface area contributed by atoms with E-state index < -0.39 is 17.8 Å². The van der Waals surface area contributed by atoms with Crippen molar-refractivity contribution < 1.29 is 14.6 Å². The van der Waals surface area contributed by atoms with Crippen LogP contribution in [-0.2, 0) is 9.53 Å². The van der Waals surface area contributed by atoms with Gasteiger partial charge < -0.3 is 14.8 Å². The molecule has 1 atom stereocenters. The number of aliphatic hydroxyl groups excluding tert-OH is 1. The van der Waals surface area contributed by atoms with E-state index in [0.717, 1.165) is 5.52 Å². The van der Waals surface area contributed by atoms with Gasteiger partial charge in [0, 0.05) is 6.08 Å². The van der Waals surface area contributed by atoms with Crippen LogP contribution in [0, 0.1) is 22.7 Å². The van der Waals surface area contributed by atoms with Gasteiger partial charge in [-0.15, -0.1) is 0 Å². The monoisotopic (exact) mass is 384 g/mol. The summed E-state index contributed by atoms with van der Waals surface area (Å²) in [5.74, 6) is -0.885. The number of aromatic amines is 1. The van der Waals surface area contributed by atoms with Crippen LogP contribution in [0.1, 0.15) is 23.9 Å². The van der Waals surface area contributed by atoms with Crippen LogP contribution in [0.4, 0.5) is 0 Å². The Hall–Kier alpha value is -4.36. The van der Waals surface area contributed by atoms with Gasteiger partial charge in [0.25, 0.3) is 0 Å². The van der Waals surface area contributed by atoms with Crippen LogP contribution in [0.25, 0.3) is 22.7 Å². The molecule has 3 rings (SSSR count). The summed E-state index contributed by atoms with van der Waals surface area (Å²) in [4.78, 5) is 19.3. The molecule has 1 heterocycles. The maximum atomic E-state index is 12.0. The maximum absolute atomic E-state index is 12.0. The lowest BCUT2D eigenvalue weighted by Crippen LogP contribution is -2.17.